The monoisotopic (exact) mass is 371 g/mol. The van der Waals surface area contributed by atoms with Crippen LogP contribution in [0.15, 0.2) is 48.5 Å². The van der Waals surface area contributed by atoms with Crippen molar-refractivity contribution in [2.75, 3.05) is 6.61 Å². The van der Waals surface area contributed by atoms with Crippen molar-refractivity contribution in [3.8, 4) is 11.8 Å². The highest BCUT2D eigenvalue weighted by Crippen LogP contribution is 2.37. The van der Waals surface area contributed by atoms with E-state index in [1.54, 1.807) is 12.1 Å². The maximum atomic E-state index is 13.9. The molecule has 0 aliphatic heterocycles. The van der Waals surface area contributed by atoms with E-state index in [-0.39, 0.29) is 16.4 Å². The maximum absolute atomic E-state index is 13.9. The molecule has 26 heavy (non-hydrogen) atoms. The van der Waals surface area contributed by atoms with Crippen molar-refractivity contribution < 1.29 is 13.6 Å². The average Bonchev–Trinajstić information content (AvgIpc) is 2.58. The molecular formula is C21H26FNO2Si. The van der Waals surface area contributed by atoms with Gasteiger partial charge in [0, 0.05) is 0 Å². The molecule has 1 unspecified atom stereocenters. The molecular weight excluding hydrogens is 345 g/mol. The Kier molecular flexibility index (Phi) is 6.22. The van der Waals surface area contributed by atoms with E-state index in [0.29, 0.717) is 6.61 Å². The molecule has 5 heteroatoms. The molecule has 0 spiro atoms. The summed E-state index contributed by atoms with van der Waals surface area (Å²) in [6, 6.07) is 16.0. The molecule has 0 saturated carbocycles. The van der Waals surface area contributed by atoms with Gasteiger partial charge in [-0.2, -0.15) is 5.26 Å². The van der Waals surface area contributed by atoms with Gasteiger partial charge < -0.3 is 9.16 Å². The van der Waals surface area contributed by atoms with Crippen molar-refractivity contribution in [1.82, 2.24) is 0 Å². The van der Waals surface area contributed by atoms with Crippen LogP contribution < -0.4 is 4.74 Å². The molecule has 0 aromatic heterocycles. The van der Waals surface area contributed by atoms with Crippen LogP contribution in [-0.4, -0.2) is 14.9 Å². The molecule has 3 nitrogen and oxygen atoms in total. The second-order valence-electron chi connectivity index (χ2n) is 7.81. The molecule has 0 saturated heterocycles. The lowest BCUT2D eigenvalue weighted by Gasteiger charge is -2.37. The van der Waals surface area contributed by atoms with Gasteiger partial charge in [0.2, 0.25) is 0 Å². The summed E-state index contributed by atoms with van der Waals surface area (Å²) in [6.45, 7) is 11.2. The van der Waals surface area contributed by atoms with Crippen molar-refractivity contribution in [3.05, 3.63) is 65.5 Å². The van der Waals surface area contributed by atoms with Gasteiger partial charge in [-0.3, -0.25) is 0 Å². The van der Waals surface area contributed by atoms with Crippen LogP contribution in [0.3, 0.4) is 0 Å². The van der Waals surface area contributed by atoms with Crippen LogP contribution in [0, 0.1) is 17.1 Å². The van der Waals surface area contributed by atoms with E-state index in [4.69, 9.17) is 9.16 Å². The Morgan fingerprint density at radius 2 is 1.73 bits per heavy atom. The number of ether oxygens (including phenoxy) is 1. The molecule has 1 atom stereocenters. The van der Waals surface area contributed by atoms with Crippen molar-refractivity contribution in [2.45, 2.75) is 45.0 Å². The number of benzene rings is 2. The molecule has 2 rings (SSSR count). The Bertz CT molecular complexity index is 779. The van der Waals surface area contributed by atoms with Gasteiger partial charge in [0.05, 0.1) is 6.61 Å². The smallest absolute Gasteiger partial charge is 0.192 e. The van der Waals surface area contributed by atoms with Crippen LogP contribution in [0.5, 0.6) is 5.75 Å². The minimum absolute atomic E-state index is 0.0743. The van der Waals surface area contributed by atoms with Crippen molar-refractivity contribution in [2.24, 2.45) is 0 Å². The van der Waals surface area contributed by atoms with E-state index in [1.165, 1.54) is 6.07 Å². The normalized spacial score (nSPS) is 13.1. The van der Waals surface area contributed by atoms with Gasteiger partial charge in [-0.1, -0.05) is 57.2 Å². The predicted octanol–water partition coefficient (Wildman–Crippen LogP) is 5.84. The molecule has 2 aromatic rings. The average molecular weight is 372 g/mol. The predicted molar refractivity (Wildman–Crippen MR) is 104 cm³/mol. The third kappa shape index (κ3) is 4.72. The minimum Gasteiger partial charge on any atom is -0.482 e. The molecule has 138 valence electrons. The lowest BCUT2D eigenvalue weighted by Crippen LogP contribution is -2.42. The Hall–Kier alpha value is -2.16. The standard InChI is InChI=1S/C21H26FNO2Si/c1-21(2,3)26(4,5)24-15-20(16-10-7-6-8-11-16)25-19-13-9-12-18(22)17(19)14-23/h6-13,20H,15H2,1-5H3. The molecule has 0 bridgehead atoms. The molecule has 0 aliphatic rings. The van der Waals surface area contributed by atoms with Gasteiger partial charge in [0.1, 0.15) is 29.3 Å². The van der Waals surface area contributed by atoms with E-state index >= 15 is 0 Å². The van der Waals surface area contributed by atoms with Crippen molar-refractivity contribution >= 4 is 8.32 Å². The fraction of sp³-hybridized carbons (Fsp3) is 0.381. The summed E-state index contributed by atoms with van der Waals surface area (Å²) in [5, 5.41) is 9.33. The summed E-state index contributed by atoms with van der Waals surface area (Å²) < 4.78 is 26.3. The summed E-state index contributed by atoms with van der Waals surface area (Å²) in [7, 11) is -1.97. The third-order valence-corrected chi connectivity index (χ3v) is 9.43. The van der Waals surface area contributed by atoms with Crippen LogP contribution in [-0.2, 0) is 4.43 Å². The van der Waals surface area contributed by atoms with Crippen LogP contribution >= 0.6 is 0 Å². The van der Waals surface area contributed by atoms with Crippen LogP contribution in [0.4, 0.5) is 4.39 Å². The second-order valence-corrected chi connectivity index (χ2v) is 12.6. The SMILES string of the molecule is CC(C)(C)[Si](C)(C)OCC(Oc1cccc(F)c1C#N)c1ccccc1. The maximum Gasteiger partial charge on any atom is 0.192 e. The van der Waals surface area contributed by atoms with E-state index in [1.807, 2.05) is 36.4 Å². The first-order valence-corrected chi connectivity index (χ1v) is 11.6. The quantitative estimate of drug-likeness (QED) is 0.599. The van der Waals surface area contributed by atoms with Gasteiger partial charge in [-0.05, 0) is 35.8 Å². The highest BCUT2D eigenvalue weighted by atomic mass is 28.4. The van der Waals surface area contributed by atoms with E-state index in [9.17, 15) is 9.65 Å². The second kappa shape index (κ2) is 8.03. The first-order valence-electron chi connectivity index (χ1n) is 8.70. The highest BCUT2D eigenvalue weighted by Gasteiger charge is 2.38. The molecule has 2 aromatic carbocycles. The van der Waals surface area contributed by atoms with Gasteiger partial charge in [-0.15, -0.1) is 0 Å². The van der Waals surface area contributed by atoms with Gasteiger partial charge in [0.25, 0.3) is 0 Å². The van der Waals surface area contributed by atoms with Gasteiger partial charge in [0.15, 0.2) is 8.32 Å². The molecule has 0 aliphatic carbocycles. The highest BCUT2D eigenvalue weighted by molar-refractivity contribution is 6.74. The third-order valence-electron chi connectivity index (χ3n) is 4.93. The summed E-state index contributed by atoms with van der Waals surface area (Å²) in [5.74, 6) is -0.345. The van der Waals surface area contributed by atoms with Crippen LogP contribution in [0.1, 0.15) is 38.0 Å². The Balaban J connectivity index is 2.29. The van der Waals surface area contributed by atoms with E-state index in [2.05, 4.69) is 33.9 Å². The number of hydrogen-bond donors (Lipinski definition) is 0. The molecule has 0 heterocycles. The fourth-order valence-electron chi connectivity index (χ4n) is 2.23. The number of halogens is 1. The zero-order chi connectivity index (χ0) is 19.4. The lowest BCUT2D eigenvalue weighted by molar-refractivity contribution is 0.120. The van der Waals surface area contributed by atoms with Crippen LogP contribution in [0.25, 0.3) is 0 Å². The Morgan fingerprint density at radius 3 is 2.31 bits per heavy atom. The molecule has 0 amide bonds. The van der Waals surface area contributed by atoms with E-state index < -0.39 is 20.2 Å². The zero-order valence-corrected chi connectivity index (χ0v) is 17.0. The topological polar surface area (TPSA) is 42.2 Å². The number of hydrogen-bond acceptors (Lipinski definition) is 3. The van der Waals surface area contributed by atoms with Crippen molar-refractivity contribution in [1.29, 1.82) is 5.26 Å². The number of nitrogens with zero attached hydrogens (tertiary/aromatic N) is 1. The van der Waals surface area contributed by atoms with Gasteiger partial charge in [-0.25, -0.2) is 4.39 Å². The molecule has 0 radical (unpaired) electrons. The first kappa shape index (κ1) is 20.2. The summed E-state index contributed by atoms with van der Waals surface area (Å²) in [6.07, 6.45) is -0.417. The summed E-state index contributed by atoms with van der Waals surface area (Å²) in [5.41, 5.74) is 0.847. The Morgan fingerprint density at radius 1 is 1.08 bits per heavy atom. The largest absolute Gasteiger partial charge is 0.482 e. The Labute approximate surface area is 156 Å². The van der Waals surface area contributed by atoms with E-state index in [0.717, 1.165) is 5.56 Å². The van der Waals surface area contributed by atoms with Gasteiger partial charge >= 0.3 is 0 Å². The fourth-order valence-corrected chi connectivity index (χ4v) is 3.23. The van der Waals surface area contributed by atoms with Crippen molar-refractivity contribution in [3.63, 3.8) is 0 Å². The molecule has 0 N–H and O–H groups in total. The summed E-state index contributed by atoms with van der Waals surface area (Å²) >= 11 is 0. The molecule has 0 fully saturated rings. The summed E-state index contributed by atoms with van der Waals surface area (Å²) in [4.78, 5) is 0. The van der Waals surface area contributed by atoms with Crippen LogP contribution in [0.2, 0.25) is 18.1 Å². The number of nitriles is 1. The number of rotatable bonds is 6. The lowest BCUT2D eigenvalue weighted by atomic mass is 10.1. The zero-order valence-electron chi connectivity index (χ0n) is 16.0. The minimum atomic E-state index is -1.97. The first-order chi connectivity index (χ1) is 12.2.